The van der Waals surface area contributed by atoms with Crippen molar-refractivity contribution in [2.75, 3.05) is 26.2 Å². The van der Waals surface area contributed by atoms with Gasteiger partial charge in [-0.15, -0.1) is 13.2 Å². The molecule has 46 heavy (non-hydrogen) atoms. The fourth-order valence-corrected chi connectivity index (χ4v) is 8.16. The minimum Gasteiger partial charge on any atom is -0.455 e. The van der Waals surface area contributed by atoms with Gasteiger partial charge in [0.1, 0.15) is 17.7 Å². The molecule has 3 heterocycles. The molecule has 10 nitrogen and oxygen atoms in total. The van der Waals surface area contributed by atoms with Crippen molar-refractivity contribution in [1.82, 2.24) is 15.1 Å². The van der Waals surface area contributed by atoms with Crippen molar-refractivity contribution < 1.29 is 33.8 Å². The second kappa shape index (κ2) is 16.2. The number of likely N-dealkylation sites (tertiary alicyclic amines) is 1. The van der Waals surface area contributed by atoms with Crippen LogP contribution in [0.1, 0.15) is 70.5 Å². The molecular formula is C35H48BrN3O7. The fraction of sp³-hybridized carbons (Fsp3) is 0.600. The number of carbonyl (C=O) groups is 4. The first-order valence-corrected chi connectivity index (χ1v) is 17.3. The molecule has 1 aromatic carbocycles. The number of benzene rings is 1. The highest BCUT2D eigenvalue weighted by Gasteiger charge is 2.77. The van der Waals surface area contributed by atoms with Crippen LogP contribution in [0.2, 0.25) is 0 Å². The second-order valence-corrected chi connectivity index (χ2v) is 13.7. The minimum absolute atomic E-state index is 0.0332. The molecular weight excluding hydrogens is 654 g/mol. The number of nitrogens with zero attached hydrogens (tertiary/aromatic N) is 2. The van der Waals surface area contributed by atoms with Gasteiger partial charge in [0.2, 0.25) is 17.7 Å². The minimum atomic E-state index is -1.21. The van der Waals surface area contributed by atoms with E-state index >= 15 is 0 Å². The first-order valence-electron chi connectivity index (χ1n) is 16.4. The lowest BCUT2D eigenvalue weighted by molar-refractivity contribution is -0.162. The maximum Gasteiger partial charge on any atom is 0.313 e. The number of ether oxygens (including phenoxy) is 2. The van der Waals surface area contributed by atoms with Crippen LogP contribution in [-0.2, 0) is 28.7 Å². The van der Waals surface area contributed by atoms with Crippen LogP contribution in [0.15, 0.2) is 55.6 Å². The Morgan fingerprint density at radius 1 is 1.22 bits per heavy atom. The van der Waals surface area contributed by atoms with Crippen molar-refractivity contribution in [2.24, 2.45) is 11.8 Å². The number of unbranched alkanes of at least 4 members (excludes halogenated alkanes) is 2. The summed E-state index contributed by atoms with van der Waals surface area (Å²) in [5.74, 6) is -3.19. The number of nitrogens with one attached hydrogen (secondary N) is 1. The molecule has 11 heteroatoms. The Bertz CT molecular complexity index is 1260. The predicted molar refractivity (Wildman–Crippen MR) is 178 cm³/mol. The fourth-order valence-electron chi connectivity index (χ4n) is 7.22. The number of aliphatic hydroxyl groups is 1. The number of hydrogen-bond donors (Lipinski definition) is 2. The number of halogens is 1. The molecule has 8 atom stereocenters. The number of aliphatic hydroxyl groups excluding tert-OH is 1. The summed E-state index contributed by atoms with van der Waals surface area (Å²) in [6.45, 7) is 12.4. The molecule has 1 spiro atoms. The third-order valence-electron chi connectivity index (χ3n) is 9.33. The SMILES string of the molecule is C=CCCC(=O)N[C@@H](C)[C@H](OC(=O)[C@H]1[C@@H]2O[C@@]3(CC2Br)[C@@H]1C(=O)N(CCCCO)[C@@H]3C(=O)N(CC=C)CCCC)c1ccccc1. The Balaban J connectivity index is 1.67. The standard InChI is InChI=1S/C35H48BrN3O7/c1-5-8-17-26(41)37-23(4)29(24-15-11-10-12-16-24)45-34(44)27-28-32(42)39(20-13-14-21-40)31(35(28)22-25(36)30(27)46-35)33(43)38(18-7-3)19-9-6-2/h5,7,10-12,15-16,23,25,27-31,40H,1,3,6,8-9,13-14,17-22H2,2,4H3,(H,37,41)/t23-,25?,27+,28-,29-,30+,31+,35-/m0/s1. The van der Waals surface area contributed by atoms with Gasteiger partial charge in [0.05, 0.1) is 24.0 Å². The molecule has 3 aliphatic rings. The van der Waals surface area contributed by atoms with E-state index in [9.17, 15) is 24.3 Å². The van der Waals surface area contributed by atoms with E-state index in [0.29, 0.717) is 44.3 Å². The monoisotopic (exact) mass is 701 g/mol. The summed E-state index contributed by atoms with van der Waals surface area (Å²) in [5, 5.41) is 12.4. The molecule has 2 bridgehead atoms. The van der Waals surface area contributed by atoms with Crippen LogP contribution in [0.3, 0.4) is 0 Å². The smallest absolute Gasteiger partial charge is 0.313 e. The molecule has 3 aliphatic heterocycles. The third kappa shape index (κ3) is 7.26. The molecule has 1 aromatic rings. The first kappa shape index (κ1) is 35.8. The maximum atomic E-state index is 14.3. The van der Waals surface area contributed by atoms with Crippen LogP contribution in [-0.4, -0.2) is 93.5 Å². The van der Waals surface area contributed by atoms with Gasteiger partial charge in [0.15, 0.2) is 0 Å². The lowest BCUT2D eigenvalue weighted by Gasteiger charge is -2.37. The Morgan fingerprint density at radius 2 is 1.96 bits per heavy atom. The molecule has 1 unspecified atom stereocenters. The Morgan fingerprint density at radius 3 is 2.61 bits per heavy atom. The number of esters is 1. The lowest BCUT2D eigenvalue weighted by Crippen LogP contribution is -2.57. The van der Waals surface area contributed by atoms with Gasteiger partial charge >= 0.3 is 5.97 Å². The van der Waals surface area contributed by atoms with Crippen molar-refractivity contribution in [3.63, 3.8) is 0 Å². The van der Waals surface area contributed by atoms with E-state index in [4.69, 9.17) is 9.47 Å². The van der Waals surface area contributed by atoms with Crippen molar-refractivity contribution in [2.45, 2.75) is 93.5 Å². The summed E-state index contributed by atoms with van der Waals surface area (Å²) < 4.78 is 12.9. The number of amides is 3. The molecule has 0 aromatic heterocycles. The number of carbonyl (C=O) groups excluding carboxylic acids is 4. The van der Waals surface area contributed by atoms with E-state index in [1.165, 1.54) is 0 Å². The average Bonchev–Trinajstić information content (AvgIpc) is 3.64. The summed E-state index contributed by atoms with van der Waals surface area (Å²) in [7, 11) is 0. The first-order chi connectivity index (χ1) is 22.1. The van der Waals surface area contributed by atoms with Gasteiger partial charge in [0.25, 0.3) is 0 Å². The molecule has 3 fully saturated rings. The third-order valence-corrected chi connectivity index (χ3v) is 10.2. The largest absolute Gasteiger partial charge is 0.455 e. The van der Waals surface area contributed by atoms with Crippen LogP contribution in [0.4, 0.5) is 0 Å². The molecule has 3 saturated heterocycles. The highest BCUT2D eigenvalue weighted by Crippen LogP contribution is 2.60. The zero-order valence-electron chi connectivity index (χ0n) is 26.9. The second-order valence-electron chi connectivity index (χ2n) is 12.5. The van der Waals surface area contributed by atoms with Crippen molar-refractivity contribution in [3.05, 3.63) is 61.2 Å². The van der Waals surface area contributed by atoms with Gasteiger partial charge in [-0.05, 0) is 44.6 Å². The molecule has 0 saturated carbocycles. The molecule has 0 aliphatic carbocycles. The van der Waals surface area contributed by atoms with Gasteiger partial charge in [-0.1, -0.05) is 71.8 Å². The molecule has 0 radical (unpaired) electrons. The van der Waals surface area contributed by atoms with E-state index in [0.717, 1.165) is 12.8 Å². The van der Waals surface area contributed by atoms with E-state index in [-0.39, 0.29) is 42.1 Å². The summed E-state index contributed by atoms with van der Waals surface area (Å²) in [4.78, 5) is 58.6. The van der Waals surface area contributed by atoms with Crippen LogP contribution < -0.4 is 5.32 Å². The summed E-state index contributed by atoms with van der Waals surface area (Å²) in [6, 6.07) is 7.71. The highest BCUT2D eigenvalue weighted by molar-refractivity contribution is 9.09. The normalized spacial score (nSPS) is 27.5. The number of allylic oxidation sites excluding steroid dienone is 1. The number of hydrogen-bond acceptors (Lipinski definition) is 7. The van der Waals surface area contributed by atoms with E-state index in [2.05, 4.69) is 41.3 Å². The van der Waals surface area contributed by atoms with Crippen molar-refractivity contribution in [1.29, 1.82) is 0 Å². The molecule has 252 valence electrons. The summed E-state index contributed by atoms with van der Waals surface area (Å²) in [6.07, 6.45) is 5.68. The van der Waals surface area contributed by atoms with Crippen LogP contribution in [0.5, 0.6) is 0 Å². The Kier molecular flexibility index (Phi) is 12.6. The molecule has 2 N–H and O–H groups in total. The van der Waals surface area contributed by atoms with E-state index < -0.39 is 47.7 Å². The topological polar surface area (TPSA) is 125 Å². The molecule has 4 rings (SSSR count). The van der Waals surface area contributed by atoms with Crippen molar-refractivity contribution in [3.8, 4) is 0 Å². The van der Waals surface area contributed by atoms with Crippen LogP contribution >= 0.6 is 15.9 Å². The quantitative estimate of drug-likeness (QED) is 0.102. The number of alkyl halides is 1. The molecule has 3 amide bonds. The van der Waals surface area contributed by atoms with Gasteiger partial charge < -0.3 is 29.7 Å². The van der Waals surface area contributed by atoms with Crippen LogP contribution in [0.25, 0.3) is 0 Å². The maximum absolute atomic E-state index is 14.3. The van der Waals surface area contributed by atoms with Gasteiger partial charge in [-0.25, -0.2) is 0 Å². The predicted octanol–water partition coefficient (Wildman–Crippen LogP) is 4.08. The van der Waals surface area contributed by atoms with E-state index in [1.807, 2.05) is 30.3 Å². The summed E-state index contributed by atoms with van der Waals surface area (Å²) in [5.41, 5.74) is -0.511. The highest BCUT2D eigenvalue weighted by atomic mass is 79.9. The van der Waals surface area contributed by atoms with E-state index in [1.54, 1.807) is 28.9 Å². The van der Waals surface area contributed by atoms with Crippen molar-refractivity contribution >= 4 is 39.6 Å². The number of fused-ring (bicyclic) bond motifs is 1. The average molecular weight is 703 g/mol. The Labute approximate surface area is 280 Å². The van der Waals surface area contributed by atoms with Gasteiger partial charge in [0, 0.05) is 37.5 Å². The van der Waals surface area contributed by atoms with Gasteiger partial charge in [-0.2, -0.15) is 0 Å². The van der Waals surface area contributed by atoms with Crippen LogP contribution in [0, 0.1) is 11.8 Å². The number of rotatable bonds is 18. The zero-order valence-corrected chi connectivity index (χ0v) is 28.5. The summed E-state index contributed by atoms with van der Waals surface area (Å²) >= 11 is 3.72. The van der Waals surface area contributed by atoms with Gasteiger partial charge in [-0.3, -0.25) is 19.2 Å². The zero-order chi connectivity index (χ0) is 33.4. The Hall–Kier alpha value is -3.02. The lowest BCUT2D eigenvalue weighted by atomic mass is 9.70.